The number of unbranched alkanes of at least 4 members (excludes halogenated alkanes) is 1. The molecular weight excluding hydrogens is 618 g/mol. The molecule has 0 saturated carbocycles. The molecule has 5 N–H and O–H groups in total. The average molecular weight is 666 g/mol. The molecule has 2 heterocycles. The lowest BCUT2D eigenvalue weighted by Crippen LogP contribution is -2.38. The number of aromatic nitrogens is 1. The number of aliphatic hydroxyl groups excluding tert-OH is 1. The van der Waals surface area contributed by atoms with Gasteiger partial charge in [-0.25, -0.2) is 0 Å². The number of aliphatic hydroxyl groups is 1. The zero-order valence-corrected chi connectivity index (χ0v) is 28.1. The summed E-state index contributed by atoms with van der Waals surface area (Å²) in [6.45, 7) is 2.01. The average Bonchev–Trinajstić information content (AvgIpc) is 3.13. The Balaban J connectivity index is 1.11. The number of hydrogen-bond acceptors (Lipinski definition) is 8. The van der Waals surface area contributed by atoms with Crippen molar-refractivity contribution in [1.82, 2.24) is 15.2 Å². The Labute approximate surface area is 288 Å². The standard InChI is InChI=1S/C39H47N5O5/c1-44(23-21-32-8-6-7-22-41-32)26-33-24-36(30-17-15-29(27-45)16-18-30)49-39(48-33)31-19-13-28(14-20-31)25-42-37(46)11-4-5-12-38(47)43-35-10-3-2-9-34(35)40/h2-3,6-10,13-20,22,33,36,39,45H,4-5,11-12,21,23-27,40H2,1H3,(H,42,46)(H,43,47). The van der Waals surface area contributed by atoms with E-state index in [1.807, 2.05) is 85.1 Å². The van der Waals surface area contributed by atoms with Crippen molar-refractivity contribution in [3.63, 3.8) is 0 Å². The van der Waals surface area contributed by atoms with Crippen LogP contribution in [-0.4, -0.2) is 53.0 Å². The molecule has 0 spiro atoms. The second-order valence-corrected chi connectivity index (χ2v) is 12.5. The van der Waals surface area contributed by atoms with Gasteiger partial charge in [-0.05, 0) is 60.8 Å². The van der Waals surface area contributed by atoms with E-state index >= 15 is 0 Å². The van der Waals surface area contributed by atoms with Gasteiger partial charge in [0.25, 0.3) is 0 Å². The van der Waals surface area contributed by atoms with Crippen LogP contribution in [-0.2, 0) is 38.6 Å². The maximum Gasteiger partial charge on any atom is 0.224 e. The first-order chi connectivity index (χ1) is 23.9. The quantitative estimate of drug-likeness (QED) is 0.0885. The number of carbonyl (C=O) groups is 2. The summed E-state index contributed by atoms with van der Waals surface area (Å²) in [6.07, 6.45) is 4.51. The second-order valence-electron chi connectivity index (χ2n) is 12.5. The van der Waals surface area contributed by atoms with Crippen molar-refractivity contribution in [2.45, 2.75) is 70.2 Å². The van der Waals surface area contributed by atoms with E-state index in [0.717, 1.165) is 47.5 Å². The first-order valence-corrected chi connectivity index (χ1v) is 16.9. The molecule has 1 aromatic heterocycles. The highest BCUT2D eigenvalue weighted by Gasteiger charge is 2.32. The number of nitrogens with two attached hydrogens (primary N) is 1. The van der Waals surface area contributed by atoms with Crippen molar-refractivity contribution < 1.29 is 24.2 Å². The first-order valence-electron chi connectivity index (χ1n) is 16.9. The minimum absolute atomic E-state index is 0.00178. The summed E-state index contributed by atoms with van der Waals surface area (Å²) in [7, 11) is 2.10. The Morgan fingerprint density at radius 3 is 2.29 bits per heavy atom. The maximum absolute atomic E-state index is 12.5. The van der Waals surface area contributed by atoms with Gasteiger partial charge in [-0.1, -0.05) is 66.7 Å². The molecule has 4 aromatic rings. The van der Waals surface area contributed by atoms with Crippen molar-refractivity contribution >= 4 is 23.2 Å². The summed E-state index contributed by atoms with van der Waals surface area (Å²) in [5.41, 5.74) is 11.9. The number of ether oxygens (including phenoxy) is 2. The number of likely N-dealkylation sites (N-methyl/N-ethyl adjacent to an activating group) is 1. The van der Waals surface area contributed by atoms with Crippen molar-refractivity contribution in [1.29, 1.82) is 0 Å². The molecule has 0 bridgehead atoms. The predicted octanol–water partition coefficient (Wildman–Crippen LogP) is 5.69. The molecule has 1 fully saturated rings. The highest BCUT2D eigenvalue weighted by Crippen LogP contribution is 2.38. The molecule has 49 heavy (non-hydrogen) atoms. The van der Waals surface area contributed by atoms with E-state index in [2.05, 4.69) is 27.6 Å². The van der Waals surface area contributed by atoms with E-state index in [0.29, 0.717) is 50.0 Å². The zero-order valence-electron chi connectivity index (χ0n) is 28.1. The monoisotopic (exact) mass is 665 g/mol. The van der Waals surface area contributed by atoms with Gasteiger partial charge < -0.3 is 35.8 Å². The van der Waals surface area contributed by atoms with Crippen LogP contribution in [0.4, 0.5) is 11.4 Å². The summed E-state index contributed by atoms with van der Waals surface area (Å²) in [5, 5.41) is 15.3. The Morgan fingerprint density at radius 2 is 1.57 bits per heavy atom. The van der Waals surface area contributed by atoms with Gasteiger partial charge in [0.05, 0.1) is 30.2 Å². The van der Waals surface area contributed by atoms with Crippen LogP contribution in [0.3, 0.4) is 0 Å². The molecule has 10 heteroatoms. The number of anilines is 2. The third-order valence-corrected chi connectivity index (χ3v) is 8.64. The highest BCUT2D eigenvalue weighted by atomic mass is 16.7. The fourth-order valence-corrected chi connectivity index (χ4v) is 5.80. The van der Waals surface area contributed by atoms with Gasteiger partial charge in [-0.2, -0.15) is 0 Å². The molecule has 1 saturated heterocycles. The van der Waals surface area contributed by atoms with Crippen LogP contribution in [0.1, 0.15) is 72.4 Å². The summed E-state index contributed by atoms with van der Waals surface area (Å²) in [6, 6.07) is 29.0. The molecule has 3 atom stereocenters. The molecule has 3 aromatic carbocycles. The largest absolute Gasteiger partial charge is 0.397 e. The summed E-state index contributed by atoms with van der Waals surface area (Å²) in [4.78, 5) is 31.4. The van der Waals surface area contributed by atoms with Crippen LogP contribution < -0.4 is 16.4 Å². The van der Waals surface area contributed by atoms with Crippen LogP contribution in [0.15, 0.2) is 97.2 Å². The maximum atomic E-state index is 12.5. The van der Waals surface area contributed by atoms with Crippen LogP contribution >= 0.6 is 0 Å². The van der Waals surface area contributed by atoms with Gasteiger partial charge in [0.1, 0.15) is 0 Å². The van der Waals surface area contributed by atoms with Crippen LogP contribution in [0.5, 0.6) is 0 Å². The normalized spacial score (nSPS) is 17.5. The fraction of sp³-hybridized carbons (Fsp3) is 0.359. The number of para-hydroxylation sites is 2. The number of hydrogen-bond donors (Lipinski definition) is 4. The van der Waals surface area contributed by atoms with Crippen molar-refractivity contribution in [2.24, 2.45) is 0 Å². The highest BCUT2D eigenvalue weighted by molar-refractivity contribution is 5.93. The van der Waals surface area contributed by atoms with Crippen molar-refractivity contribution in [3.8, 4) is 0 Å². The number of nitrogens with zero attached hydrogens (tertiary/aromatic N) is 2. The van der Waals surface area contributed by atoms with E-state index in [4.69, 9.17) is 15.2 Å². The summed E-state index contributed by atoms with van der Waals surface area (Å²) < 4.78 is 13.0. The Kier molecular flexibility index (Phi) is 13.3. The topological polar surface area (TPSA) is 139 Å². The van der Waals surface area contributed by atoms with E-state index in [1.165, 1.54) is 0 Å². The number of pyridine rings is 1. The van der Waals surface area contributed by atoms with Crippen molar-refractivity contribution in [3.05, 3.63) is 125 Å². The molecule has 5 rings (SSSR count). The third-order valence-electron chi connectivity index (χ3n) is 8.64. The number of nitrogen functional groups attached to an aromatic ring is 1. The van der Waals surface area contributed by atoms with Gasteiger partial charge >= 0.3 is 0 Å². The number of nitrogens with one attached hydrogen (secondary N) is 2. The summed E-state index contributed by atoms with van der Waals surface area (Å²) in [5.74, 6) is -0.171. The summed E-state index contributed by atoms with van der Waals surface area (Å²) >= 11 is 0. The molecule has 258 valence electrons. The molecule has 10 nitrogen and oxygen atoms in total. The number of benzene rings is 3. The fourth-order valence-electron chi connectivity index (χ4n) is 5.80. The zero-order chi connectivity index (χ0) is 34.4. The third kappa shape index (κ3) is 11.2. The van der Waals surface area contributed by atoms with Crippen molar-refractivity contribution in [2.75, 3.05) is 31.2 Å². The molecule has 2 amide bonds. The molecule has 0 radical (unpaired) electrons. The molecular formula is C39H47N5O5. The lowest BCUT2D eigenvalue weighted by atomic mass is 9.99. The van der Waals surface area contributed by atoms with E-state index in [-0.39, 0.29) is 30.6 Å². The smallest absolute Gasteiger partial charge is 0.224 e. The van der Waals surface area contributed by atoms with Gasteiger partial charge in [0.2, 0.25) is 11.8 Å². The Morgan fingerprint density at radius 1 is 0.878 bits per heavy atom. The minimum Gasteiger partial charge on any atom is -0.397 e. The molecule has 0 aliphatic carbocycles. The number of amides is 2. The van der Waals surface area contributed by atoms with Gasteiger partial charge in [-0.3, -0.25) is 14.6 Å². The van der Waals surface area contributed by atoms with Crippen LogP contribution in [0.2, 0.25) is 0 Å². The lowest BCUT2D eigenvalue weighted by Gasteiger charge is -2.38. The van der Waals surface area contributed by atoms with E-state index < -0.39 is 6.29 Å². The Bertz CT molecular complexity index is 1620. The SMILES string of the molecule is CN(CCc1ccccn1)CC1CC(c2ccc(CO)cc2)OC(c2ccc(CNC(=O)CCCCC(=O)Nc3ccccc3N)cc2)O1. The predicted molar refractivity (Wildman–Crippen MR) is 190 cm³/mol. The number of carbonyl (C=O) groups excluding carboxylic acids is 2. The first kappa shape index (κ1) is 35.7. The second kappa shape index (κ2) is 18.2. The number of rotatable bonds is 16. The molecule has 1 aliphatic heterocycles. The van der Waals surface area contributed by atoms with E-state index in [9.17, 15) is 14.7 Å². The Hall–Kier alpha value is -4.61. The molecule has 3 unspecified atom stereocenters. The van der Waals surface area contributed by atoms with Crippen LogP contribution in [0.25, 0.3) is 0 Å². The van der Waals surface area contributed by atoms with Gasteiger partial charge in [-0.15, -0.1) is 0 Å². The van der Waals surface area contributed by atoms with Gasteiger partial charge in [0, 0.05) is 62.8 Å². The minimum atomic E-state index is -0.551. The van der Waals surface area contributed by atoms with Gasteiger partial charge in [0.15, 0.2) is 6.29 Å². The van der Waals surface area contributed by atoms with E-state index in [1.54, 1.807) is 12.1 Å². The van der Waals surface area contributed by atoms with Crippen LogP contribution in [0, 0.1) is 0 Å². The lowest BCUT2D eigenvalue weighted by molar-refractivity contribution is -0.252. The molecule has 1 aliphatic rings.